The van der Waals surface area contributed by atoms with E-state index in [1.54, 1.807) is 0 Å². The summed E-state index contributed by atoms with van der Waals surface area (Å²) in [7, 11) is 0. The van der Waals surface area contributed by atoms with Gasteiger partial charge in [-0.3, -0.25) is 0 Å². The van der Waals surface area contributed by atoms with Crippen LogP contribution >= 0.6 is 0 Å². The van der Waals surface area contributed by atoms with Gasteiger partial charge in [0, 0.05) is 0 Å². The summed E-state index contributed by atoms with van der Waals surface area (Å²) < 4.78 is 0. The van der Waals surface area contributed by atoms with Crippen molar-refractivity contribution in [1.29, 1.82) is 0 Å². The Hall–Kier alpha value is -0.820. The fourth-order valence-electron chi connectivity index (χ4n) is 4.27. The van der Waals surface area contributed by atoms with E-state index in [1.165, 1.54) is 17.6 Å². The summed E-state index contributed by atoms with van der Waals surface area (Å²) in [6, 6.07) is 0. The number of aliphatic hydroxyl groups is 1. The molecule has 2 rings (SSSR count). The molecule has 1 saturated carbocycles. The van der Waals surface area contributed by atoms with Gasteiger partial charge in [0.25, 0.3) is 0 Å². The predicted molar refractivity (Wildman–Crippen MR) is 91.2 cm³/mol. The molecule has 0 amide bonds. The van der Waals surface area contributed by atoms with Crippen molar-refractivity contribution in [3.05, 3.63) is 35.5 Å². The van der Waals surface area contributed by atoms with E-state index in [0.717, 1.165) is 44.1 Å². The van der Waals surface area contributed by atoms with E-state index < -0.39 is 5.60 Å². The van der Waals surface area contributed by atoms with Gasteiger partial charge in [-0.2, -0.15) is 0 Å². The minimum Gasteiger partial charge on any atom is -0.385 e. The topological polar surface area (TPSA) is 20.2 Å². The largest absolute Gasteiger partial charge is 0.385 e. The smallest absolute Gasteiger partial charge is 0.0885 e. The number of allylic oxidation sites excluding steroid dienone is 4. The summed E-state index contributed by atoms with van der Waals surface area (Å²) in [5.74, 6) is 0.327. The van der Waals surface area contributed by atoms with Crippen LogP contribution in [0.15, 0.2) is 35.5 Å². The van der Waals surface area contributed by atoms with Crippen LogP contribution in [-0.4, -0.2) is 10.7 Å². The molecule has 3 atom stereocenters. The fourth-order valence-corrected chi connectivity index (χ4v) is 4.27. The SMILES string of the molecule is C=C(C)C1(O)CCC2(C)CC=C(C)CCC=C(C)CCC21. The summed E-state index contributed by atoms with van der Waals surface area (Å²) in [5.41, 5.74) is 3.47. The molecule has 0 aliphatic heterocycles. The second-order valence-corrected chi connectivity index (χ2v) is 7.79. The maximum atomic E-state index is 11.2. The lowest BCUT2D eigenvalue weighted by Crippen LogP contribution is -2.39. The average Bonchev–Trinajstić information content (AvgIpc) is 2.67. The van der Waals surface area contributed by atoms with Crippen molar-refractivity contribution in [2.45, 2.75) is 78.2 Å². The first-order valence-corrected chi connectivity index (χ1v) is 8.47. The Morgan fingerprint density at radius 2 is 1.86 bits per heavy atom. The molecule has 0 heterocycles. The molecule has 2 aliphatic carbocycles. The Morgan fingerprint density at radius 1 is 1.19 bits per heavy atom. The highest BCUT2D eigenvalue weighted by Gasteiger charge is 2.53. The molecule has 118 valence electrons. The summed E-state index contributed by atoms with van der Waals surface area (Å²) in [4.78, 5) is 0. The van der Waals surface area contributed by atoms with E-state index in [0.29, 0.717) is 5.92 Å². The molecule has 1 fully saturated rings. The van der Waals surface area contributed by atoms with Gasteiger partial charge in [0.1, 0.15) is 0 Å². The molecule has 0 bridgehead atoms. The third-order valence-electron chi connectivity index (χ3n) is 6.01. The van der Waals surface area contributed by atoms with Gasteiger partial charge in [-0.05, 0) is 82.6 Å². The summed E-state index contributed by atoms with van der Waals surface area (Å²) in [5, 5.41) is 11.2. The van der Waals surface area contributed by atoms with Crippen LogP contribution in [-0.2, 0) is 0 Å². The second-order valence-electron chi connectivity index (χ2n) is 7.79. The predicted octanol–water partition coefficient (Wildman–Crippen LogP) is 5.57. The zero-order chi connectivity index (χ0) is 15.7. The summed E-state index contributed by atoms with van der Waals surface area (Å²) in [6.07, 6.45) is 12.4. The fraction of sp³-hybridized carbons (Fsp3) is 0.700. The van der Waals surface area contributed by atoms with Gasteiger partial charge >= 0.3 is 0 Å². The monoisotopic (exact) mass is 288 g/mol. The minimum atomic E-state index is -0.662. The maximum Gasteiger partial charge on any atom is 0.0885 e. The zero-order valence-electron chi connectivity index (χ0n) is 14.3. The van der Waals surface area contributed by atoms with Crippen molar-refractivity contribution in [3.8, 4) is 0 Å². The van der Waals surface area contributed by atoms with E-state index in [-0.39, 0.29) is 5.41 Å². The van der Waals surface area contributed by atoms with Crippen molar-refractivity contribution in [2.24, 2.45) is 11.3 Å². The van der Waals surface area contributed by atoms with Gasteiger partial charge < -0.3 is 5.11 Å². The van der Waals surface area contributed by atoms with Gasteiger partial charge in [0.2, 0.25) is 0 Å². The van der Waals surface area contributed by atoms with Crippen molar-refractivity contribution < 1.29 is 5.11 Å². The molecular formula is C20H32O. The maximum absolute atomic E-state index is 11.2. The van der Waals surface area contributed by atoms with E-state index in [2.05, 4.69) is 39.5 Å². The summed E-state index contributed by atoms with van der Waals surface area (Å²) >= 11 is 0. The molecule has 2 aliphatic rings. The highest BCUT2D eigenvalue weighted by Crippen LogP contribution is 2.56. The minimum absolute atomic E-state index is 0.208. The lowest BCUT2D eigenvalue weighted by molar-refractivity contribution is 0.00422. The Labute approximate surface area is 130 Å². The molecule has 21 heavy (non-hydrogen) atoms. The molecule has 1 nitrogen and oxygen atoms in total. The normalized spacial score (nSPS) is 38.0. The number of hydrogen-bond donors (Lipinski definition) is 1. The molecule has 3 unspecified atom stereocenters. The van der Waals surface area contributed by atoms with Crippen LogP contribution in [0.4, 0.5) is 0 Å². The first-order valence-electron chi connectivity index (χ1n) is 8.47. The van der Waals surface area contributed by atoms with E-state index in [4.69, 9.17) is 0 Å². The molecule has 0 aromatic carbocycles. The van der Waals surface area contributed by atoms with Gasteiger partial charge in [0.05, 0.1) is 5.60 Å². The van der Waals surface area contributed by atoms with Crippen LogP contribution in [0.5, 0.6) is 0 Å². The Balaban J connectivity index is 2.35. The van der Waals surface area contributed by atoms with Crippen LogP contribution in [0.25, 0.3) is 0 Å². The highest BCUT2D eigenvalue weighted by molar-refractivity contribution is 5.21. The van der Waals surface area contributed by atoms with Gasteiger partial charge in [-0.25, -0.2) is 0 Å². The summed E-state index contributed by atoms with van der Waals surface area (Å²) in [6.45, 7) is 13.0. The highest BCUT2D eigenvalue weighted by atomic mass is 16.3. The third kappa shape index (κ3) is 3.34. The first kappa shape index (κ1) is 16.5. The molecule has 0 spiro atoms. The molecule has 0 saturated heterocycles. The van der Waals surface area contributed by atoms with Crippen LogP contribution in [0.1, 0.15) is 72.6 Å². The standard InChI is InChI=1S/C20H32O/c1-15(2)20(21)14-13-19(5)12-11-17(4)8-6-7-16(3)9-10-18(19)20/h7,11,18,21H,1,6,8-10,12-14H2,2-5H3. The van der Waals surface area contributed by atoms with E-state index >= 15 is 0 Å². The molecule has 0 aromatic heterocycles. The van der Waals surface area contributed by atoms with E-state index in [1.807, 2.05) is 6.92 Å². The lowest BCUT2D eigenvalue weighted by Gasteiger charge is -2.39. The molecular weight excluding hydrogens is 256 g/mol. The van der Waals surface area contributed by atoms with Crippen molar-refractivity contribution in [3.63, 3.8) is 0 Å². The zero-order valence-corrected chi connectivity index (χ0v) is 14.3. The van der Waals surface area contributed by atoms with Crippen LogP contribution in [0.2, 0.25) is 0 Å². The van der Waals surface area contributed by atoms with Crippen LogP contribution in [0, 0.1) is 11.3 Å². The second kappa shape index (κ2) is 6.12. The number of hydrogen-bond acceptors (Lipinski definition) is 1. The van der Waals surface area contributed by atoms with Crippen LogP contribution in [0.3, 0.4) is 0 Å². The Bertz CT molecular complexity index is 470. The van der Waals surface area contributed by atoms with Crippen LogP contribution < -0.4 is 0 Å². The first-order chi connectivity index (χ1) is 9.78. The Morgan fingerprint density at radius 3 is 2.52 bits per heavy atom. The van der Waals surface area contributed by atoms with Gasteiger partial charge in [-0.1, -0.05) is 36.8 Å². The number of fused-ring (bicyclic) bond motifs is 1. The quantitative estimate of drug-likeness (QED) is 0.626. The molecule has 0 radical (unpaired) electrons. The van der Waals surface area contributed by atoms with Gasteiger partial charge in [-0.15, -0.1) is 0 Å². The molecule has 0 aromatic rings. The van der Waals surface area contributed by atoms with E-state index in [9.17, 15) is 5.11 Å². The lowest BCUT2D eigenvalue weighted by atomic mass is 9.69. The van der Waals surface area contributed by atoms with Crippen molar-refractivity contribution in [2.75, 3.05) is 0 Å². The molecule has 1 N–H and O–H groups in total. The van der Waals surface area contributed by atoms with Crippen molar-refractivity contribution >= 4 is 0 Å². The van der Waals surface area contributed by atoms with Gasteiger partial charge in [0.15, 0.2) is 0 Å². The third-order valence-corrected chi connectivity index (χ3v) is 6.01. The average molecular weight is 288 g/mol. The number of rotatable bonds is 1. The molecule has 1 heteroatoms. The Kier molecular flexibility index (Phi) is 4.82. The van der Waals surface area contributed by atoms with Crippen molar-refractivity contribution in [1.82, 2.24) is 0 Å².